The second kappa shape index (κ2) is 5.48. The van der Waals surface area contributed by atoms with Crippen molar-refractivity contribution in [2.24, 2.45) is 0 Å². The summed E-state index contributed by atoms with van der Waals surface area (Å²) < 4.78 is 19.9. The van der Waals surface area contributed by atoms with E-state index in [0.29, 0.717) is 29.1 Å². The molecule has 0 radical (unpaired) electrons. The minimum absolute atomic E-state index is 0.300. The van der Waals surface area contributed by atoms with Gasteiger partial charge in [0.25, 0.3) is 5.89 Å². The third kappa shape index (κ3) is 2.71. The van der Waals surface area contributed by atoms with E-state index in [4.69, 9.17) is 4.52 Å². The molecule has 9 heteroatoms. The van der Waals surface area contributed by atoms with Crippen LogP contribution in [0.25, 0.3) is 11.5 Å². The van der Waals surface area contributed by atoms with E-state index in [1.54, 1.807) is 12.1 Å². The van der Waals surface area contributed by atoms with E-state index >= 15 is 0 Å². The Bertz CT molecular complexity index is 782. The molecule has 0 saturated heterocycles. The highest BCUT2D eigenvalue weighted by molar-refractivity contribution is 7.98. The highest BCUT2D eigenvalue weighted by Crippen LogP contribution is 2.36. The second-order valence-electron chi connectivity index (χ2n) is 4.95. The fourth-order valence-corrected chi connectivity index (χ4v) is 2.77. The Balaban J connectivity index is 1.45. The number of benzene rings is 1. The third-order valence-electron chi connectivity index (χ3n) is 3.24. The fraction of sp³-hybridized carbons (Fsp3) is 0.308. The van der Waals surface area contributed by atoms with Crippen LogP contribution in [0.1, 0.15) is 24.7 Å². The Kier molecular flexibility index (Phi) is 3.34. The molecule has 0 N–H and O–H groups in total. The van der Waals surface area contributed by atoms with Crippen molar-refractivity contribution in [2.45, 2.75) is 29.8 Å². The van der Waals surface area contributed by atoms with Gasteiger partial charge in [-0.1, -0.05) is 16.9 Å². The van der Waals surface area contributed by atoms with Crippen molar-refractivity contribution in [3.05, 3.63) is 35.9 Å². The van der Waals surface area contributed by atoms with Gasteiger partial charge in [0.15, 0.2) is 5.82 Å². The Hall–Kier alpha value is -2.29. The Morgan fingerprint density at radius 3 is 2.86 bits per heavy atom. The summed E-state index contributed by atoms with van der Waals surface area (Å²) in [4.78, 5) is 4.30. The van der Waals surface area contributed by atoms with E-state index in [-0.39, 0.29) is 5.82 Å². The Morgan fingerprint density at radius 1 is 1.27 bits per heavy atom. The van der Waals surface area contributed by atoms with Gasteiger partial charge in [-0.25, -0.2) is 9.07 Å². The number of aromatic nitrogens is 6. The van der Waals surface area contributed by atoms with Crippen LogP contribution in [-0.4, -0.2) is 30.3 Å². The van der Waals surface area contributed by atoms with Crippen molar-refractivity contribution >= 4 is 11.8 Å². The van der Waals surface area contributed by atoms with Gasteiger partial charge in [-0.3, -0.25) is 0 Å². The maximum absolute atomic E-state index is 12.9. The van der Waals surface area contributed by atoms with Crippen molar-refractivity contribution < 1.29 is 8.91 Å². The van der Waals surface area contributed by atoms with Gasteiger partial charge >= 0.3 is 0 Å². The molecule has 0 aliphatic heterocycles. The molecule has 1 aliphatic rings. The van der Waals surface area contributed by atoms with Crippen molar-refractivity contribution in [1.29, 1.82) is 0 Å². The first-order valence-corrected chi connectivity index (χ1v) is 7.77. The number of nitrogens with zero attached hydrogens (tertiary/aromatic N) is 6. The summed E-state index contributed by atoms with van der Waals surface area (Å²) >= 11 is 1.47. The molecule has 1 saturated carbocycles. The lowest BCUT2D eigenvalue weighted by Gasteiger charge is -1.99. The normalized spacial score (nSPS) is 14.4. The molecule has 0 spiro atoms. The van der Waals surface area contributed by atoms with Crippen LogP contribution in [0.3, 0.4) is 0 Å². The zero-order valence-corrected chi connectivity index (χ0v) is 12.2. The molecule has 4 rings (SSSR count). The summed E-state index contributed by atoms with van der Waals surface area (Å²) in [6.45, 7) is 0. The molecule has 1 aliphatic carbocycles. The van der Waals surface area contributed by atoms with Crippen molar-refractivity contribution in [1.82, 2.24) is 30.3 Å². The first-order valence-electron chi connectivity index (χ1n) is 6.79. The van der Waals surface area contributed by atoms with Crippen LogP contribution >= 0.6 is 11.8 Å². The average molecular weight is 318 g/mol. The molecule has 7 nitrogen and oxygen atoms in total. The molecule has 3 aromatic rings. The van der Waals surface area contributed by atoms with E-state index in [1.165, 1.54) is 23.9 Å². The highest BCUT2D eigenvalue weighted by Gasteiger charge is 2.28. The first-order chi connectivity index (χ1) is 10.8. The van der Waals surface area contributed by atoms with Crippen molar-refractivity contribution in [2.75, 3.05) is 0 Å². The van der Waals surface area contributed by atoms with Crippen LogP contribution < -0.4 is 0 Å². The van der Waals surface area contributed by atoms with Crippen LogP contribution in [0.5, 0.6) is 0 Å². The summed E-state index contributed by atoms with van der Waals surface area (Å²) in [6.07, 6.45) is 2.24. The minimum atomic E-state index is -0.300. The van der Waals surface area contributed by atoms with Gasteiger partial charge in [0.2, 0.25) is 5.16 Å². The van der Waals surface area contributed by atoms with Crippen LogP contribution in [0, 0.1) is 5.82 Å². The van der Waals surface area contributed by atoms with Gasteiger partial charge in [0, 0.05) is 5.56 Å². The van der Waals surface area contributed by atoms with Gasteiger partial charge in [0.1, 0.15) is 5.82 Å². The largest absolute Gasteiger partial charge is 0.334 e. The van der Waals surface area contributed by atoms with Crippen molar-refractivity contribution in [3.63, 3.8) is 0 Å². The average Bonchev–Trinajstić information content (AvgIpc) is 3.09. The summed E-state index contributed by atoms with van der Waals surface area (Å²) in [7, 11) is 0. The quantitative estimate of drug-likeness (QED) is 0.668. The molecular weight excluding hydrogens is 307 g/mol. The highest BCUT2D eigenvalue weighted by atomic mass is 32.2. The SMILES string of the molecule is Fc1ccc(-c2nc(CSc3nnnn3C3CC3)no2)cc1. The van der Waals surface area contributed by atoms with E-state index in [1.807, 2.05) is 4.68 Å². The van der Waals surface area contributed by atoms with Crippen LogP contribution in [0.2, 0.25) is 0 Å². The molecule has 1 aromatic carbocycles. The number of hydrogen-bond acceptors (Lipinski definition) is 7. The molecule has 0 unspecified atom stereocenters. The molecule has 112 valence electrons. The number of rotatable bonds is 5. The van der Waals surface area contributed by atoms with Crippen LogP contribution in [-0.2, 0) is 5.75 Å². The van der Waals surface area contributed by atoms with E-state index in [0.717, 1.165) is 18.0 Å². The number of thioether (sulfide) groups is 1. The standard InChI is InChI=1S/C13H11FN6OS/c14-9-3-1-8(2-4-9)12-15-11(17-21-12)7-22-13-16-18-19-20(13)10-5-6-10/h1-4,10H,5-7H2. The second-order valence-corrected chi connectivity index (χ2v) is 5.89. The molecule has 0 atom stereocenters. The lowest BCUT2D eigenvalue weighted by atomic mass is 10.2. The fourth-order valence-electron chi connectivity index (χ4n) is 1.98. The molecule has 2 aromatic heterocycles. The lowest BCUT2D eigenvalue weighted by molar-refractivity contribution is 0.425. The van der Waals surface area contributed by atoms with Crippen LogP contribution in [0.4, 0.5) is 4.39 Å². The van der Waals surface area contributed by atoms with E-state index in [9.17, 15) is 4.39 Å². The number of hydrogen-bond donors (Lipinski definition) is 0. The molecular formula is C13H11FN6OS. The smallest absolute Gasteiger partial charge is 0.257 e. The molecule has 2 heterocycles. The predicted octanol–water partition coefficient (Wildman–Crippen LogP) is 2.49. The minimum Gasteiger partial charge on any atom is -0.334 e. The zero-order valence-electron chi connectivity index (χ0n) is 11.4. The summed E-state index contributed by atoms with van der Waals surface area (Å²) in [5.41, 5.74) is 0.688. The topological polar surface area (TPSA) is 82.5 Å². The summed E-state index contributed by atoms with van der Waals surface area (Å²) in [5, 5.41) is 16.4. The van der Waals surface area contributed by atoms with E-state index in [2.05, 4.69) is 25.7 Å². The summed E-state index contributed by atoms with van der Waals surface area (Å²) in [6, 6.07) is 6.36. The number of halogens is 1. The van der Waals surface area contributed by atoms with E-state index < -0.39 is 0 Å². The third-order valence-corrected chi connectivity index (χ3v) is 4.17. The monoisotopic (exact) mass is 318 g/mol. The van der Waals surface area contributed by atoms with Gasteiger partial charge in [-0.2, -0.15) is 4.98 Å². The molecule has 0 bridgehead atoms. The maximum atomic E-state index is 12.9. The summed E-state index contributed by atoms with van der Waals surface area (Å²) in [5.74, 6) is 1.13. The Labute approximate surface area is 128 Å². The van der Waals surface area contributed by atoms with Crippen molar-refractivity contribution in [3.8, 4) is 11.5 Å². The Morgan fingerprint density at radius 2 is 2.09 bits per heavy atom. The first kappa shape index (κ1) is 13.4. The lowest BCUT2D eigenvalue weighted by Crippen LogP contribution is -1.99. The van der Waals surface area contributed by atoms with Gasteiger partial charge < -0.3 is 4.52 Å². The number of tetrazole rings is 1. The molecule has 1 fully saturated rings. The molecule has 22 heavy (non-hydrogen) atoms. The van der Waals surface area contributed by atoms with Gasteiger partial charge in [-0.05, 0) is 47.5 Å². The van der Waals surface area contributed by atoms with Crippen LogP contribution in [0.15, 0.2) is 33.9 Å². The molecule has 0 amide bonds. The predicted molar refractivity (Wildman–Crippen MR) is 75.3 cm³/mol. The van der Waals surface area contributed by atoms with Gasteiger partial charge in [-0.15, -0.1) is 5.10 Å². The zero-order chi connectivity index (χ0) is 14.9. The maximum Gasteiger partial charge on any atom is 0.257 e. The van der Waals surface area contributed by atoms with Gasteiger partial charge in [0.05, 0.1) is 11.8 Å².